The molecule has 2 aromatic carbocycles. The van der Waals surface area contributed by atoms with Crippen LogP contribution in [0.3, 0.4) is 0 Å². The van der Waals surface area contributed by atoms with Gasteiger partial charge in [0.05, 0.1) is 39.3 Å². The first-order chi connectivity index (χ1) is 12.0. The standard InChI is InChI=1S/C18H22N2O5/c1-5-25-12-6-7-14(13(19)10-12)20-18(21)11-8-15(22-2)17(24-4)16(9-11)23-3/h6-10H,5,19H2,1-4H3,(H,20,21). The van der Waals surface area contributed by atoms with Crippen LogP contribution in [0, 0.1) is 0 Å². The summed E-state index contributed by atoms with van der Waals surface area (Å²) in [4.78, 5) is 12.6. The maximum Gasteiger partial charge on any atom is 0.255 e. The average Bonchev–Trinajstić information content (AvgIpc) is 2.62. The lowest BCUT2D eigenvalue weighted by Crippen LogP contribution is -2.14. The van der Waals surface area contributed by atoms with Gasteiger partial charge in [-0.1, -0.05) is 0 Å². The van der Waals surface area contributed by atoms with Gasteiger partial charge in [-0.05, 0) is 31.2 Å². The molecule has 2 rings (SSSR count). The van der Waals surface area contributed by atoms with Crippen LogP contribution in [0.1, 0.15) is 17.3 Å². The number of carbonyl (C=O) groups excluding carboxylic acids is 1. The molecule has 0 radical (unpaired) electrons. The Morgan fingerprint density at radius 3 is 2.16 bits per heavy atom. The van der Waals surface area contributed by atoms with Gasteiger partial charge in [-0.25, -0.2) is 0 Å². The summed E-state index contributed by atoms with van der Waals surface area (Å²) in [6.07, 6.45) is 0. The SMILES string of the molecule is CCOc1ccc(NC(=O)c2cc(OC)c(OC)c(OC)c2)c(N)c1. The lowest BCUT2D eigenvalue weighted by Gasteiger charge is -2.15. The number of nitrogen functional groups attached to an aromatic ring is 1. The van der Waals surface area contributed by atoms with Crippen LogP contribution >= 0.6 is 0 Å². The number of hydrogen-bond acceptors (Lipinski definition) is 6. The van der Waals surface area contributed by atoms with Crippen molar-refractivity contribution in [3.05, 3.63) is 35.9 Å². The largest absolute Gasteiger partial charge is 0.494 e. The van der Waals surface area contributed by atoms with Crippen molar-refractivity contribution in [2.24, 2.45) is 0 Å². The Bertz CT molecular complexity index is 736. The Morgan fingerprint density at radius 2 is 1.68 bits per heavy atom. The zero-order valence-electron chi connectivity index (χ0n) is 14.7. The van der Waals surface area contributed by atoms with Gasteiger partial charge in [-0.15, -0.1) is 0 Å². The molecule has 3 N–H and O–H groups in total. The van der Waals surface area contributed by atoms with Crippen molar-refractivity contribution in [2.75, 3.05) is 39.0 Å². The van der Waals surface area contributed by atoms with Gasteiger partial charge in [-0.3, -0.25) is 4.79 Å². The summed E-state index contributed by atoms with van der Waals surface area (Å²) in [5.74, 6) is 1.50. The normalized spacial score (nSPS) is 10.1. The van der Waals surface area contributed by atoms with Gasteiger partial charge >= 0.3 is 0 Å². The minimum atomic E-state index is -0.352. The van der Waals surface area contributed by atoms with Crippen LogP contribution in [0.2, 0.25) is 0 Å². The highest BCUT2D eigenvalue weighted by Gasteiger charge is 2.17. The number of nitrogens with two attached hydrogens (primary N) is 1. The Kier molecular flexibility index (Phi) is 5.94. The molecule has 0 fully saturated rings. The van der Waals surface area contributed by atoms with Crippen molar-refractivity contribution in [1.82, 2.24) is 0 Å². The fourth-order valence-electron chi connectivity index (χ4n) is 2.32. The highest BCUT2D eigenvalue weighted by Crippen LogP contribution is 2.38. The molecule has 0 spiro atoms. The lowest BCUT2D eigenvalue weighted by atomic mass is 10.1. The van der Waals surface area contributed by atoms with Gasteiger partial charge in [-0.2, -0.15) is 0 Å². The van der Waals surface area contributed by atoms with Crippen LogP contribution in [0.4, 0.5) is 11.4 Å². The molecule has 0 unspecified atom stereocenters. The predicted octanol–water partition coefficient (Wildman–Crippen LogP) is 2.95. The van der Waals surface area contributed by atoms with Crippen molar-refractivity contribution in [1.29, 1.82) is 0 Å². The fraction of sp³-hybridized carbons (Fsp3) is 0.278. The van der Waals surface area contributed by atoms with Crippen molar-refractivity contribution < 1.29 is 23.7 Å². The minimum Gasteiger partial charge on any atom is -0.494 e. The zero-order chi connectivity index (χ0) is 18.4. The molecule has 7 nitrogen and oxygen atoms in total. The monoisotopic (exact) mass is 346 g/mol. The Hall–Kier alpha value is -3.09. The third kappa shape index (κ3) is 4.06. The second-order valence-electron chi connectivity index (χ2n) is 5.05. The molecule has 0 aliphatic carbocycles. The molecule has 0 atom stereocenters. The van der Waals surface area contributed by atoms with Crippen LogP contribution in [0.15, 0.2) is 30.3 Å². The van der Waals surface area contributed by atoms with Crippen LogP contribution in [-0.4, -0.2) is 33.8 Å². The number of carbonyl (C=O) groups is 1. The molecule has 25 heavy (non-hydrogen) atoms. The second-order valence-corrected chi connectivity index (χ2v) is 5.05. The number of methoxy groups -OCH3 is 3. The summed E-state index contributed by atoms with van der Waals surface area (Å²) in [6, 6.07) is 8.23. The van der Waals surface area contributed by atoms with E-state index in [1.807, 2.05) is 6.92 Å². The molecular formula is C18H22N2O5. The molecule has 0 aromatic heterocycles. The van der Waals surface area contributed by atoms with Crippen molar-refractivity contribution in [3.63, 3.8) is 0 Å². The van der Waals surface area contributed by atoms with E-state index >= 15 is 0 Å². The number of hydrogen-bond donors (Lipinski definition) is 2. The number of nitrogens with one attached hydrogen (secondary N) is 1. The fourth-order valence-corrected chi connectivity index (χ4v) is 2.32. The first-order valence-corrected chi connectivity index (χ1v) is 7.67. The van der Waals surface area contributed by atoms with Crippen LogP contribution < -0.4 is 30.0 Å². The predicted molar refractivity (Wildman–Crippen MR) is 96.1 cm³/mol. The first-order valence-electron chi connectivity index (χ1n) is 7.67. The molecule has 0 bridgehead atoms. The smallest absolute Gasteiger partial charge is 0.255 e. The molecule has 0 aliphatic rings. The van der Waals surface area contributed by atoms with Crippen molar-refractivity contribution in [2.45, 2.75) is 6.92 Å². The van der Waals surface area contributed by atoms with E-state index in [2.05, 4.69) is 5.32 Å². The van der Waals surface area contributed by atoms with E-state index in [1.165, 1.54) is 21.3 Å². The average molecular weight is 346 g/mol. The van der Waals surface area contributed by atoms with E-state index in [0.29, 0.717) is 46.5 Å². The van der Waals surface area contributed by atoms with Crippen LogP contribution in [0.5, 0.6) is 23.0 Å². The third-order valence-corrected chi connectivity index (χ3v) is 3.51. The summed E-state index contributed by atoms with van der Waals surface area (Å²) in [5, 5.41) is 2.76. The van der Waals surface area contributed by atoms with E-state index < -0.39 is 0 Å². The molecule has 0 saturated heterocycles. The Morgan fingerprint density at radius 1 is 1.04 bits per heavy atom. The number of amides is 1. The summed E-state index contributed by atoms with van der Waals surface area (Å²) < 4.78 is 21.1. The number of ether oxygens (including phenoxy) is 4. The topological polar surface area (TPSA) is 92.0 Å². The summed E-state index contributed by atoms with van der Waals surface area (Å²) in [6.45, 7) is 2.42. The Labute approximate surface area is 146 Å². The number of rotatable bonds is 7. The van der Waals surface area contributed by atoms with Crippen molar-refractivity contribution >= 4 is 17.3 Å². The minimum absolute atomic E-state index is 0.350. The molecule has 0 heterocycles. The highest BCUT2D eigenvalue weighted by atomic mass is 16.5. The second kappa shape index (κ2) is 8.14. The van der Waals surface area contributed by atoms with Gasteiger partial charge in [0.1, 0.15) is 5.75 Å². The van der Waals surface area contributed by atoms with Gasteiger partial charge in [0.15, 0.2) is 11.5 Å². The van der Waals surface area contributed by atoms with Gasteiger partial charge in [0.2, 0.25) is 5.75 Å². The molecule has 0 saturated carbocycles. The van der Waals surface area contributed by atoms with Crippen molar-refractivity contribution in [3.8, 4) is 23.0 Å². The summed E-state index contributed by atoms with van der Waals surface area (Å²) in [5.41, 5.74) is 7.22. The maximum atomic E-state index is 12.6. The zero-order valence-corrected chi connectivity index (χ0v) is 14.7. The van der Waals surface area contributed by atoms with Gasteiger partial charge < -0.3 is 30.0 Å². The quantitative estimate of drug-likeness (QED) is 0.749. The number of anilines is 2. The van der Waals surface area contributed by atoms with E-state index in [9.17, 15) is 4.79 Å². The van der Waals surface area contributed by atoms with Crippen LogP contribution in [0.25, 0.3) is 0 Å². The van der Waals surface area contributed by atoms with Gasteiger partial charge in [0, 0.05) is 11.6 Å². The Balaban J connectivity index is 2.29. The van der Waals surface area contributed by atoms with E-state index in [0.717, 1.165) is 0 Å². The van der Waals surface area contributed by atoms with E-state index in [4.69, 9.17) is 24.7 Å². The third-order valence-electron chi connectivity index (χ3n) is 3.51. The molecule has 7 heteroatoms. The first kappa shape index (κ1) is 18.3. The number of benzene rings is 2. The summed E-state index contributed by atoms with van der Waals surface area (Å²) in [7, 11) is 4.48. The highest BCUT2D eigenvalue weighted by molar-refractivity contribution is 6.06. The summed E-state index contributed by atoms with van der Waals surface area (Å²) >= 11 is 0. The van der Waals surface area contributed by atoms with E-state index in [-0.39, 0.29) is 5.91 Å². The maximum absolute atomic E-state index is 12.6. The molecule has 134 valence electrons. The lowest BCUT2D eigenvalue weighted by molar-refractivity contribution is 0.102. The molecular weight excluding hydrogens is 324 g/mol. The molecule has 1 amide bonds. The molecule has 0 aliphatic heterocycles. The van der Waals surface area contributed by atoms with Crippen LogP contribution in [-0.2, 0) is 0 Å². The molecule has 2 aromatic rings. The van der Waals surface area contributed by atoms with E-state index in [1.54, 1.807) is 30.3 Å². The van der Waals surface area contributed by atoms with Gasteiger partial charge in [0.25, 0.3) is 5.91 Å².